The molecule has 0 spiro atoms. The van der Waals surface area contributed by atoms with Crippen molar-refractivity contribution in [3.63, 3.8) is 0 Å². The monoisotopic (exact) mass is 223 g/mol. The number of carbonyl (C=O) groups excluding carboxylic acids is 1. The number of nitrogens with zero attached hydrogens (tertiary/aromatic N) is 2. The summed E-state index contributed by atoms with van der Waals surface area (Å²) in [5, 5.41) is 15.6. The Labute approximate surface area is 94.8 Å². The summed E-state index contributed by atoms with van der Waals surface area (Å²) >= 11 is 0. The van der Waals surface area contributed by atoms with Crippen LogP contribution in [0.2, 0.25) is 0 Å². The van der Waals surface area contributed by atoms with Gasteiger partial charge in [-0.1, -0.05) is 0 Å². The third-order valence-electron chi connectivity index (χ3n) is 2.12. The minimum absolute atomic E-state index is 0.0989. The summed E-state index contributed by atoms with van der Waals surface area (Å²) in [7, 11) is 1.80. The Hall–Kier alpha value is -1.62. The topological polar surface area (TPSA) is 67.2 Å². The smallest absolute Gasteiger partial charge is 0.244 e. The van der Waals surface area contributed by atoms with Gasteiger partial charge in [0.1, 0.15) is 0 Å². The highest BCUT2D eigenvalue weighted by molar-refractivity contribution is 5.91. The summed E-state index contributed by atoms with van der Waals surface area (Å²) in [6, 6.07) is 1.81. The Morgan fingerprint density at radius 2 is 2.38 bits per heavy atom. The van der Waals surface area contributed by atoms with E-state index in [1.807, 2.05) is 0 Å². The number of nitrogens with one attached hydrogen (secondary N) is 1. The number of aliphatic hydroxyl groups excluding tert-OH is 1. The van der Waals surface area contributed by atoms with Crippen LogP contribution in [0.3, 0.4) is 0 Å². The largest absolute Gasteiger partial charge is 0.394 e. The second-order valence-electron chi connectivity index (χ2n) is 4.24. The Bertz CT molecular complexity index is 394. The average Bonchev–Trinajstić information content (AvgIpc) is 2.60. The van der Waals surface area contributed by atoms with Crippen molar-refractivity contribution in [2.24, 2.45) is 7.05 Å². The van der Waals surface area contributed by atoms with Crippen LogP contribution < -0.4 is 5.32 Å². The normalized spacial score (nSPS) is 12.0. The minimum Gasteiger partial charge on any atom is -0.394 e. The molecule has 0 aliphatic rings. The van der Waals surface area contributed by atoms with Crippen LogP contribution in [0.5, 0.6) is 0 Å². The van der Waals surface area contributed by atoms with Crippen LogP contribution in [0.1, 0.15) is 19.5 Å². The van der Waals surface area contributed by atoms with Crippen molar-refractivity contribution in [2.75, 3.05) is 6.61 Å². The van der Waals surface area contributed by atoms with E-state index in [1.165, 1.54) is 6.08 Å². The molecule has 0 saturated heterocycles. The van der Waals surface area contributed by atoms with Crippen molar-refractivity contribution in [3.8, 4) is 0 Å². The van der Waals surface area contributed by atoms with Crippen molar-refractivity contribution in [3.05, 3.63) is 24.0 Å². The van der Waals surface area contributed by atoms with Crippen molar-refractivity contribution < 1.29 is 9.90 Å². The zero-order valence-electron chi connectivity index (χ0n) is 9.77. The molecule has 1 aromatic heterocycles. The van der Waals surface area contributed by atoms with E-state index < -0.39 is 5.54 Å². The van der Waals surface area contributed by atoms with Gasteiger partial charge in [0.05, 0.1) is 17.8 Å². The van der Waals surface area contributed by atoms with Crippen LogP contribution in [0.4, 0.5) is 0 Å². The lowest BCUT2D eigenvalue weighted by Crippen LogP contribution is -2.45. The molecule has 0 atom stereocenters. The van der Waals surface area contributed by atoms with Gasteiger partial charge in [0.2, 0.25) is 5.91 Å². The zero-order chi connectivity index (χ0) is 12.2. The summed E-state index contributed by atoms with van der Waals surface area (Å²) in [5.41, 5.74) is 0.241. The second-order valence-corrected chi connectivity index (χ2v) is 4.24. The third-order valence-corrected chi connectivity index (χ3v) is 2.12. The van der Waals surface area contributed by atoms with Crippen molar-refractivity contribution in [1.29, 1.82) is 0 Å². The first-order valence-corrected chi connectivity index (χ1v) is 5.04. The summed E-state index contributed by atoms with van der Waals surface area (Å²) in [6.07, 6.45) is 4.76. The molecule has 88 valence electrons. The Balaban J connectivity index is 2.59. The predicted octanol–water partition coefficient (Wildman–Crippen LogP) is 0.320. The van der Waals surface area contributed by atoms with E-state index in [9.17, 15) is 4.79 Å². The molecule has 0 saturated carbocycles. The number of aromatic nitrogens is 2. The molecule has 5 nitrogen and oxygen atoms in total. The van der Waals surface area contributed by atoms with Crippen LogP contribution in [-0.2, 0) is 11.8 Å². The Morgan fingerprint density at radius 1 is 1.69 bits per heavy atom. The number of aryl methyl sites for hydroxylation is 1. The molecule has 0 aliphatic heterocycles. The molecular formula is C11H17N3O2. The van der Waals surface area contributed by atoms with E-state index in [1.54, 1.807) is 43.9 Å². The van der Waals surface area contributed by atoms with Gasteiger partial charge in [0.25, 0.3) is 0 Å². The first-order chi connectivity index (χ1) is 7.44. The van der Waals surface area contributed by atoms with E-state index in [0.717, 1.165) is 5.69 Å². The molecule has 2 N–H and O–H groups in total. The predicted molar refractivity (Wildman–Crippen MR) is 61.5 cm³/mol. The third kappa shape index (κ3) is 3.51. The summed E-state index contributed by atoms with van der Waals surface area (Å²) < 4.78 is 1.67. The molecule has 16 heavy (non-hydrogen) atoms. The van der Waals surface area contributed by atoms with Crippen molar-refractivity contribution >= 4 is 12.0 Å². The van der Waals surface area contributed by atoms with Crippen LogP contribution >= 0.6 is 0 Å². The zero-order valence-corrected chi connectivity index (χ0v) is 9.77. The molecule has 0 aliphatic carbocycles. The lowest BCUT2D eigenvalue weighted by molar-refractivity contribution is -0.118. The molecular weight excluding hydrogens is 206 g/mol. The fourth-order valence-electron chi connectivity index (χ4n) is 1.12. The molecule has 1 heterocycles. The first-order valence-electron chi connectivity index (χ1n) is 5.04. The van der Waals surface area contributed by atoms with E-state index in [2.05, 4.69) is 10.4 Å². The summed E-state index contributed by atoms with van der Waals surface area (Å²) in [5.74, 6) is -0.236. The molecule has 0 radical (unpaired) electrons. The van der Waals surface area contributed by atoms with Crippen molar-refractivity contribution in [2.45, 2.75) is 19.4 Å². The van der Waals surface area contributed by atoms with Crippen LogP contribution in [0.25, 0.3) is 6.08 Å². The summed E-state index contributed by atoms with van der Waals surface area (Å²) in [6.45, 7) is 3.41. The lowest BCUT2D eigenvalue weighted by atomic mass is 10.1. The van der Waals surface area contributed by atoms with Gasteiger partial charge in [-0.05, 0) is 26.0 Å². The van der Waals surface area contributed by atoms with Crippen LogP contribution in [-0.4, -0.2) is 32.9 Å². The maximum atomic E-state index is 11.5. The lowest BCUT2D eigenvalue weighted by Gasteiger charge is -2.22. The van der Waals surface area contributed by atoms with Gasteiger partial charge in [-0.3, -0.25) is 9.48 Å². The second kappa shape index (κ2) is 4.94. The molecule has 1 amide bonds. The quantitative estimate of drug-likeness (QED) is 0.722. The number of hydrogen-bond acceptors (Lipinski definition) is 3. The standard InChI is InChI=1S/C11H17N3O2/c1-11(2,8-15)13-10(16)5-4-9-6-7-12-14(9)3/h4-7,15H,8H2,1-3H3,(H,13,16)/b5-4+. The number of hydrogen-bond donors (Lipinski definition) is 2. The number of amides is 1. The number of carbonyl (C=O) groups is 1. The fraction of sp³-hybridized carbons (Fsp3) is 0.455. The van der Waals surface area contributed by atoms with Gasteiger partial charge in [0.15, 0.2) is 0 Å². The SMILES string of the molecule is Cn1nccc1/C=C/C(=O)NC(C)(C)CO. The van der Waals surface area contributed by atoms with Gasteiger partial charge < -0.3 is 10.4 Å². The highest BCUT2D eigenvalue weighted by Gasteiger charge is 2.17. The summed E-state index contributed by atoms with van der Waals surface area (Å²) in [4.78, 5) is 11.5. The maximum Gasteiger partial charge on any atom is 0.244 e. The first kappa shape index (κ1) is 12.4. The van der Waals surface area contributed by atoms with E-state index >= 15 is 0 Å². The molecule has 1 aromatic rings. The molecule has 1 rings (SSSR count). The van der Waals surface area contributed by atoms with Crippen LogP contribution in [0.15, 0.2) is 18.3 Å². The van der Waals surface area contributed by atoms with Gasteiger partial charge in [-0.25, -0.2) is 0 Å². The highest BCUT2D eigenvalue weighted by atomic mass is 16.3. The Kier molecular flexibility index (Phi) is 3.84. The highest BCUT2D eigenvalue weighted by Crippen LogP contribution is 2.02. The maximum absolute atomic E-state index is 11.5. The van der Waals surface area contributed by atoms with E-state index in [-0.39, 0.29) is 12.5 Å². The van der Waals surface area contributed by atoms with E-state index in [0.29, 0.717) is 0 Å². The van der Waals surface area contributed by atoms with Gasteiger partial charge >= 0.3 is 0 Å². The molecule has 0 aromatic carbocycles. The molecule has 0 unspecified atom stereocenters. The Morgan fingerprint density at radius 3 is 2.88 bits per heavy atom. The van der Waals surface area contributed by atoms with Gasteiger partial charge in [-0.2, -0.15) is 5.10 Å². The number of rotatable bonds is 4. The number of aliphatic hydroxyl groups is 1. The molecule has 0 bridgehead atoms. The molecule has 0 fully saturated rings. The molecule has 5 heteroatoms. The van der Waals surface area contributed by atoms with Crippen LogP contribution in [0, 0.1) is 0 Å². The van der Waals surface area contributed by atoms with E-state index in [4.69, 9.17) is 5.11 Å². The van der Waals surface area contributed by atoms with Crippen molar-refractivity contribution in [1.82, 2.24) is 15.1 Å². The fourth-order valence-corrected chi connectivity index (χ4v) is 1.12. The minimum atomic E-state index is -0.603. The average molecular weight is 223 g/mol. The van der Waals surface area contributed by atoms with Gasteiger partial charge in [0, 0.05) is 19.3 Å². The van der Waals surface area contributed by atoms with Gasteiger partial charge in [-0.15, -0.1) is 0 Å².